The monoisotopic (exact) mass is 578 g/mol. The summed E-state index contributed by atoms with van der Waals surface area (Å²) in [6.07, 6.45) is 2.73. The van der Waals surface area contributed by atoms with Gasteiger partial charge in [0.15, 0.2) is 29.5 Å². The minimum absolute atomic E-state index is 0.0908. The molecular weight excluding hydrogens is 540 g/mol. The van der Waals surface area contributed by atoms with Gasteiger partial charge < -0.3 is 33.2 Å². The number of carbonyl (C=O) groups excluding carboxylic acids is 1. The van der Waals surface area contributed by atoms with Crippen LogP contribution in [0.3, 0.4) is 0 Å². The van der Waals surface area contributed by atoms with Gasteiger partial charge >= 0.3 is 11.6 Å². The van der Waals surface area contributed by atoms with E-state index in [2.05, 4.69) is 13.8 Å². The van der Waals surface area contributed by atoms with Gasteiger partial charge in [0.25, 0.3) is 0 Å². The van der Waals surface area contributed by atoms with Crippen molar-refractivity contribution >= 4 is 16.9 Å². The van der Waals surface area contributed by atoms with E-state index in [0.717, 1.165) is 24.8 Å². The van der Waals surface area contributed by atoms with Crippen LogP contribution in [0.1, 0.15) is 74.4 Å². The van der Waals surface area contributed by atoms with Gasteiger partial charge in [-0.3, -0.25) is 0 Å². The van der Waals surface area contributed by atoms with Crippen molar-refractivity contribution in [3.63, 3.8) is 0 Å². The average molecular weight is 579 g/mol. The number of allylic oxidation sites excluding steroid dienone is 1. The number of rotatable bonds is 9. The van der Waals surface area contributed by atoms with Crippen LogP contribution in [-0.4, -0.2) is 36.7 Å². The van der Waals surface area contributed by atoms with E-state index in [1.54, 1.807) is 26.0 Å². The summed E-state index contributed by atoms with van der Waals surface area (Å²) in [5.74, 6) is 0.237. The highest BCUT2D eigenvalue weighted by Gasteiger charge is 2.39. The van der Waals surface area contributed by atoms with Crippen molar-refractivity contribution < 1.29 is 38.0 Å². The summed E-state index contributed by atoms with van der Waals surface area (Å²) in [6.45, 7) is 8.40. The second kappa shape index (κ2) is 12.5. The maximum absolute atomic E-state index is 13.2. The maximum atomic E-state index is 13.2. The first-order chi connectivity index (χ1) is 20.2. The fourth-order valence-electron chi connectivity index (χ4n) is 5.47. The Morgan fingerprint density at radius 3 is 2.60 bits per heavy atom. The fourth-order valence-corrected chi connectivity index (χ4v) is 5.47. The molecule has 5 rings (SSSR count). The van der Waals surface area contributed by atoms with Crippen molar-refractivity contribution in [2.24, 2.45) is 5.41 Å². The number of aliphatic hydroxyl groups excluding tert-OH is 1. The number of aryl methyl sites for hydroxylation is 1. The number of ether oxygens (including phenoxy) is 5. The fraction of sp³-hybridized carbons (Fsp3) is 0.455. The summed E-state index contributed by atoms with van der Waals surface area (Å²) < 4.78 is 35.4. The van der Waals surface area contributed by atoms with Crippen LogP contribution in [-0.2, 0) is 20.8 Å². The van der Waals surface area contributed by atoms with Gasteiger partial charge in [-0.05, 0) is 56.2 Å². The minimum Gasteiger partial charge on any atom is -0.509 e. The number of carbonyl (C=O) groups is 1. The molecule has 0 bridgehead atoms. The van der Waals surface area contributed by atoms with Crippen LogP contribution in [0.4, 0.5) is 0 Å². The molecule has 0 spiro atoms. The number of benzene rings is 2. The van der Waals surface area contributed by atoms with E-state index >= 15 is 0 Å². The second-order valence-corrected chi connectivity index (χ2v) is 11.5. The molecule has 224 valence electrons. The van der Waals surface area contributed by atoms with Crippen molar-refractivity contribution in [1.29, 1.82) is 0 Å². The van der Waals surface area contributed by atoms with Gasteiger partial charge in [-0.15, -0.1) is 0 Å². The van der Waals surface area contributed by atoms with Gasteiger partial charge in [-0.25, -0.2) is 9.59 Å². The highest BCUT2D eigenvalue weighted by Crippen LogP contribution is 2.42. The molecule has 1 aliphatic heterocycles. The molecule has 2 aliphatic rings. The van der Waals surface area contributed by atoms with Crippen LogP contribution in [0.25, 0.3) is 11.0 Å². The molecule has 1 aromatic heterocycles. The second-order valence-electron chi connectivity index (χ2n) is 11.5. The molecule has 1 unspecified atom stereocenters. The Morgan fingerprint density at radius 2 is 1.88 bits per heavy atom. The highest BCUT2D eigenvalue weighted by atomic mass is 16.7. The summed E-state index contributed by atoms with van der Waals surface area (Å²) in [5.41, 5.74) is 0.249. The van der Waals surface area contributed by atoms with Gasteiger partial charge in [0.2, 0.25) is 0 Å². The van der Waals surface area contributed by atoms with Gasteiger partial charge in [0, 0.05) is 18.4 Å². The summed E-state index contributed by atoms with van der Waals surface area (Å²) in [4.78, 5) is 26.0. The zero-order chi connectivity index (χ0) is 29.9. The summed E-state index contributed by atoms with van der Waals surface area (Å²) in [7, 11) is 0. The van der Waals surface area contributed by atoms with E-state index in [0.29, 0.717) is 41.9 Å². The molecule has 1 fully saturated rings. The zero-order valence-electron chi connectivity index (χ0n) is 24.6. The third kappa shape index (κ3) is 6.41. The molecular formula is C33H38O9. The maximum Gasteiger partial charge on any atom is 0.354 e. The van der Waals surface area contributed by atoms with Crippen molar-refractivity contribution in [3.05, 3.63) is 81.1 Å². The molecule has 2 heterocycles. The summed E-state index contributed by atoms with van der Waals surface area (Å²) in [6, 6.07) is 12.9. The van der Waals surface area contributed by atoms with Gasteiger partial charge in [-0.1, -0.05) is 44.2 Å². The first-order valence-electron chi connectivity index (χ1n) is 14.5. The summed E-state index contributed by atoms with van der Waals surface area (Å²) in [5, 5.41) is 11.4. The Labute approximate surface area is 245 Å². The number of fused-ring (bicyclic) bond motifs is 1. The van der Waals surface area contributed by atoms with Crippen LogP contribution < -0.4 is 15.1 Å². The van der Waals surface area contributed by atoms with Crippen LogP contribution in [0.5, 0.6) is 11.5 Å². The molecule has 1 N–H and O–H groups in total. The van der Waals surface area contributed by atoms with E-state index in [4.69, 9.17) is 28.1 Å². The Morgan fingerprint density at radius 1 is 1.10 bits per heavy atom. The third-order valence-corrected chi connectivity index (χ3v) is 7.56. The van der Waals surface area contributed by atoms with Crippen LogP contribution in [0.2, 0.25) is 0 Å². The lowest BCUT2D eigenvalue weighted by atomic mass is 9.78. The van der Waals surface area contributed by atoms with E-state index in [1.807, 2.05) is 30.3 Å². The molecule has 9 nitrogen and oxygen atoms in total. The van der Waals surface area contributed by atoms with E-state index < -0.39 is 24.0 Å². The molecule has 1 saturated heterocycles. The van der Waals surface area contributed by atoms with Crippen molar-refractivity contribution in [2.45, 2.75) is 78.8 Å². The van der Waals surface area contributed by atoms with Gasteiger partial charge in [-0.2, -0.15) is 0 Å². The molecule has 9 heteroatoms. The topological polar surface area (TPSA) is 114 Å². The molecule has 0 amide bonds. The van der Waals surface area contributed by atoms with Crippen molar-refractivity contribution in [1.82, 2.24) is 0 Å². The quantitative estimate of drug-likeness (QED) is 0.218. The average Bonchev–Trinajstić information content (AvgIpc) is 2.96. The predicted octanol–water partition coefficient (Wildman–Crippen LogP) is 6.74. The molecule has 42 heavy (non-hydrogen) atoms. The van der Waals surface area contributed by atoms with Crippen molar-refractivity contribution in [2.75, 3.05) is 13.2 Å². The van der Waals surface area contributed by atoms with E-state index in [9.17, 15) is 14.7 Å². The lowest BCUT2D eigenvalue weighted by molar-refractivity contribution is -0.153. The lowest BCUT2D eigenvalue weighted by Gasteiger charge is -2.38. The van der Waals surface area contributed by atoms with Crippen LogP contribution in [0.15, 0.2) is 63.2 Å². The van der Waals surface area contributed by atoms with Gasteiger partial charge in [0.05, 0.1) is 18.6 Å². The Bertz CT molecular complexity index is 1510. The molecule has 0 radical (unpaired) electrons. The largest absolute Gasteiger partial charge is 0.509 e. The molecule has 1 aliphatic carbocycles. The number of hydrogen-bond acceptors (Lipinski definition) is 9. The SMILES string of the molecule is CCOC(=O)c1c(OCc2ccccc2)c2ccc(O[C@H]3CC(C)(C)CC(O)=C3OC3CCCCO3)c(C)c2oc1=O. The van der Waals surface area contributed by atoms with Crippen molar-refractivity contribution in [3.8, 4) is 11.5 Å². The van der Waals surface area contributed by atoms with Crippen LogP contribution >= 0.6 is 0 Å². The predicted molar refractivity (Wildman–Crippen MR) is 156 cm³/mol. The van der Waals surface area contributed by atoms with Crippen LogP contribution in [0, 0.1) is 12.3 Å². The molecule has 2 atom stereocenters. The first kappa shape index (κ1) is 29.5. The minimum atomic E-state index is -0.862. The van der Waals surface area contributed by atoms with E-state index in [-0.39, 0.29) is 41.3 Å². The van der Waals surface area contributed by atoms with E-state index in [1.165, 1.54) is 0 Å². The number of hydrogen-bond donors (Lipinski definition) is 1. The Balaban J connectivity index is 1.52. The normalized spacial score (nSPS) is 20.3. The molecule has 2 aromatic carbocycles. The standard InChI is InChI=1S/C33H38O9/c1-5-37-31(35)27-29(39-19-21-11-7-6-8-12-21)22-14-15-24(20(2)28(22)42-32(27)36)40-25-18-33(3,4)17-23(34)30(25)41-26-13-9-10-16-38-26/h6-8,11-12,14-15,25-26,34H,5,9-10,13,16-19H2,1-4H3/t25-,26?/m0/s1. The van der Waals surface area contributed by atoms with Gasteiger partial charge in [0.1, 0.15) is 23.7 Å². The molecule has 0 saturated carbocycles. The first-order valence-corrected chi connectivity index (χ1v) is 14.5. The smallest absolute Gasteiger partial charge is 0.354 e. The number of esters is 1. The zero-order valence-corrected chi connectivity index (χ0v) is 24.6. The molecule has 3 aromatic rings. The lowest BCUT2D eigenvalue weighted by Crippen LogP contribution is -2.37. The highest BCUT2D eigenvalue weighted by molar-refractivity contribution is 5.99. The Hall–Kier alpha value is -3.98. The number of aliphatic hydroxyl groups is 1. The Kier molecular flexibility index (Phi) is 8.77. The third-order valence-electron chi connectivity index (χ3n) is 7.56. The summed E-state index contributed by atoms with van der Waals surface area (Å²) >= 11 is 0.